The first kappa shape index (κ1) is 14.3. The lowest BCUT2D eigenvalue weighted by molar-refractivity contribution is 0.116. The number of ether oxygens (including phenoxy) is 1. The summed E-state index contributed by atoms with van der Waals surface area (Å²) in [6.07, 6.45) is 5.74. The second-order valence-corrected chi connectivity index (χ2v) is 5.18. The van der Waals surface area contributed by atoms with Crippen LogP contribution in [-0.2, 0) is 11.3 Å². The highest BCUT2D eigenvalue weighted by molar-refractivity contribution is 5.46. The molecule has 0 aromatic carbocycles. The molecule has 1 atom stereocenters. The van der Waals surface area contributed by atoms with E-state index in [0.29, 0.717) is 6.10 Å². The molecule has 1 aromatic rings. The smallest absolute Gasteiger partial charge is 0.132 e. The molecule has 1 aliphatic rings. The molecule has 0 amide bonds. The van der Waals surface area contributed by atoms with Gasteiger partial charge in [0.2, 0.25) is 0 Å². The van der Waals surface area contributed by atoms with Gasteiger partial charge in [-0.15, -0.1) is 0 Å². The summed E-state index contributed by atoms with van der Waals surface area (Å²) in [5.41, 5.74) is 1.26. The number of aromatic nitrogens is 1. The fraction of sp³-hybridized carbons (Fsp3) is 0.667. The summed E-state index contributed by atoms with van der Waals surface area (Å²) < 4.78 is 5.70. The van der Waals surface area contributed by atoms with E-state index in [-0.39, 0.29) is 0 Å². The molecule has 106 valence electrons. The summed E-state index contributed by atoms with van der Waals surface area (Å²) in [7, 11) is 2.10. The minimum atomic E-state index is 0.364. The van der Waals surface area contributed by atoms with Crippen molar-refractivity contribution in [2.75, 3.05) is 31.6 Å². The standard InChI is InChI=1S/C15H25N3O/c1-3-8-16-11-13-6-4-9-17-15(13)18(2)12-14-7-5-10-19-14/h4,6,9,14,16H,3,5,7-8,10-12H2,1-2H3. The fourth-order valence-corrected chi connectivity index (χ4v) is 2.49. The van der Waals surface area contributed by atoms with Gasteiger partial charge in [0.15, 0.2) is 0 Å². The SMILES string of the molecule is CCCNCc1cccnc1N(C)CC1CCCO1. The maximum atomic E-state index is 5.70. The van der Waals surface area contributed by atoms with Crippen LogP contribution >= 0.6 is 0 Å². The molecule has 4 heteroatoms. The van der Waals surface area contributed by atoms with Crippen LogP contribution in [0.25, 0.3) is 0 Å². The number of nitrogens with zero attached hydrogens (tertiary/aromatic N) is 2. The average molecular weight is 263 g/mol. The molecule has 1 aliphatic heterocycles. The Bertz CT molecular complexity index is 377. The van der Waals surface area contributed by atoms with Gasteiger partial charge in [-0.2, -0.15) is 0 Å². The quantitative estimate of drug-likeness (QED) is 0.765. The Morgan fingerprint density at radius 2 is 2.42 bits per heavy atom. The van der Waals surface area contributed by atoms with E-state index in [2.05, 4.69) is 35.2 Å². The van der Waals surface area contributed by atoms with Gasteiger partial charge in [-0.25, -0.2) is 4.98 Å². The monoisotopic (exact) mass is 263 g/mol. The molecule has 19 heavy (non-hydrogen) atoms. The van der Waals surface area contributed by atoms with E-state index >= 15 is 0 Å². The summed E-state index contributed by atoms with van der Waals surface area (Å²) in [6, 6.07) is 4.16. The highest BCUT2D eigenvalue weighted by atomic mass is 16.5. The molecule has 4 nitrogen and oxygen atoms in total. The van der Waals surface area contributed by atoms with Crippen molar-refractivity contribution in [3.05, 3.63) is 23.9 Å². The topological polar surface area (TPSA) is 37.4 Å². The van der Waals surface area contributed by atoms with E-state index < -0.39 is 0 Å². The fourth-order valence-electron chi connectivity index (χ4n) is 2.49. The van der Waals surface area contributed by atoms with Crippen LogP contribution < -0.4 is 10.2 Å². The van der Waals surface area contributed by atoms with Gasteiger partial charge in [0.05, 0.1) is 6.10 Å². The summed E-state index contributed by atoms with van der Waals surface area (Å²) in [6.45, 7) is 5.95. The first-order valence-corrected chi connectivity index (χ1v) is 7.28. The molecular formula is C15H25N3O. The van der Waals surface area contributed by atoms with Gasteiger partial charge in [0.25, 0.3) is 0 Å². The number of rotatable bonds is 7. The normalized spacial score (nSPS) is 18.7. The van der Waals surface area contributed by atoms with Crippen molar-refractivity contribution >= 4 is 5.82 Å². The molecule has 0 radical (unpaired) electrons. The molecule has 2 rings (SSSR count). The largest absolute Gasteiger partial charge is 0.376 e. The lowest BCUT2D eigenvalue weighted by atomic mass is 10.2. The van der Waals surface area contributed by atoms with E-state index in [1.807, 2.05) is 12.3 Å². The van der Waals surface area contributed by atoms with Crippen molar-refractivity contribution in [3.8, 4) is 0 Å². The number of hydrogen-bond acceptors (Lipinski definition) is 4. The number of nitrogens with one attached hydrogen (secondary N) is 1. The van der Waals surface area contributed by atoms with E-state index in [1.165, 1.54) is 18.4 Å². The molecule has 1 fully saturated rings. The lowest BCUT2D eigenvalue weighted by Gasteiger charge is -2.24. The Kier molecular flexibility index (Phi) is 5.61. The van der Waals surface area contributed by atoms with Crippen molar-refractivity contribution < 1.29 is 4.74 Å². The first-order valence-electron chi connectivity index (χ1n) is 7.28. The highest BCUT2D eigenvalue weighted by Crippen LogP contribution is 2.19. The minimum absolute atomic E-state index is 0.364. The molecule has 1 aromatic heterocycles. The van der Waals surface area contributed by atoms with Gasteiger partial charge in [0.1, 0.15) is 5.82 Å². The Hall–Kier alpha value is -1.13. The molecule has 0 aliphatic carbocycles. The van der Waals surface area contributed by atoms with Crippen LogP contribution in [0.2, 0.25) is 0 Å². The van der Waals surface area contributed by atoms with Gasteiger partial charge in [-0.05, 0) is 31.9 Å². The highest BCUT2D eigenvalue weighted by Gasteiger charge is 2.19. The maximum absolute atomic E-state index is 5.70. The van der Waals surface area contributed by atoms with Crippen LogP contribution in [0, 0.1) is 0 Å². The van der Waals surface area contributed by atoms with Crippen molar-refractivity contribution in [2.24, 2.45) is 0 Å². The van der Waals surface area contributed by atoms with Crippen LogP contribution in [0.4, 0.5) is 5.82 Å². The predicted octanol–water partition coefficient (Wildman–Crippen LogP) is 2.20. The summed E-state index contributed by atoms with van der Waals surface area (Å²) >= 11 is 0. The Morgan fingerprint density at radius 3 is 3.16 bits per heavy atom. The third-order valence-corrected chi connectivity index (χ3v) is 3.47. The van der Waals surface area contributed by atoms with Crippen LogP contribution in [0.15, 0.2) is 18.3 Å². The average Bonchev–Trinajstić information content (AvgIpc) is 2.92. The minimum Gasteiger partial charge on any atom is -0.376 e. The van der Waals surface area contributed by atoms with Gasteiger partial charge in [0, 0.05) is 38.5 Å². The molecule has 2 heterocycles. The van der Waals surface area contributed by atoms with Crippen molar-refractivity contribution in [1.82, 2.24) is 10.3 Å². The number of anilines is 1. The van der Waals surface area contributed by atoms with E-state index in [4.69, 9.17) is 4.74 Å². The zero-order valence-electron chi connectivity index (χ0n) is 12.1. The van der Waals surface area contributed by atoms with Crippen LogP contribution in [0.3, 0.4) is 0 Å². The third-order valence-electron chi connectivity index (χ3n) is 3.47. The second kappa shape index (κ2) is 7.46. The summed E-state index contributed by atoms with van der Waals surface area (Å²) in [5, 5.41) is 3.44. The van der Waals surface area contributed by atoms with Gasteiger partial charge in [-0.3, -0.25) is 0 Å². The van der Waals surface area contributed by atoms with Gasteiger partial charge in [-0.1, -0.05) is 13.0 Å². The molecular weight excluding hydrogens is 238 g/mol. The van der Waals surface area contributed by atoms with Crippen molar-refractivity contribution in [3.63, 3.8) is 0 Å². The Labute approximate surface area is 116 Å². The van der Waals surface area contributed by atoms with E-state index in [0.717, 1.165) is 38.5 Å². The van der Waals surface area contributed by atoms with E-state index in [9.17, 15) is 0 Å². The van der Waals surface area contributed by atoms with Gasteiger partial charge >= 0.3 is 0 Å². The summed E-state index contributed by atoms with van der Waals surface area (Å²) in [4.78, 5) is 6.75. The number of pyridine rings is 1. The molecule has 0 bridgehead atoms. The molecule has 0 spiro atoms. The van der Waals surface area contributed by atoms with Crippen LogP contribution in [0.1, 0.15) is 31.7 Å². The van der Waals surface area contributed by atoms with Gasteiger partial charge < -0.3 is 15.0 Å². The third kappa shape index (κ3) is 4.18. The molecule has 0 saturated carbocycles. The molecule has 1 saturated heterocycles. The van der Waals surface area contributed by atoms with Crippen LogP contribution in [-0.4, -0.2) is 37.8 Å². The Morgan fingerprint density at radius 1 is 1.53 bits per heavy atom. The summed E-state index contributed by atoms with van der Waals surface area (Å²) in [5.74, 6) is 1.07. The second-order valence-electron chi connectivity index (χ2n) is 5.18. The number of hydrogen-bond donors (Lipinski definition) is 1. The molecule has 1 N–H and O–H groups in total. The number of likely N-dealkylation sites (N-methyl/N-ethyl adjacent to an activating group) is 1. The van der Waals surface area contributed by atoms with E-state index in [1.54, 1.807) is 0 Å². The molecule has 1 unspecified atom stereocenters. The first-order chi connectivity index (χ1) is 9.31. The van der Waals surface area contributed by atoms with Crippen molar-refractivity contribution in [2.45, 2.75) is 38.8 Å². The zero-order valence-corrected chi connectivity index (χ0v) is 12.1. The maximum Gasteiger partial charge on any atom is 0.132 e. The zero-order chi connectivity index (χ0) is 13.5. The predicted molar refractivity (Wildman–Crippen MR) is 78.5 cm³/mol. The Balaban J connectivity index is 1.96. The van der Waals surface area contributed by atoms with Crippen molar-refractivity contribution in [1.29, 1.82) is 0 Å². The van der Waals surface area contributed by atoms with Crippen LogP contribution in [0.5, 0.6) is 0 Å². The lowest BCUT2D eigenvalue weighted by Crippen LogP contribution is -2.30.